The summed E-state index contributed by atoms with van der Waals surface area (Å²) in [4.78, 5) is 0. The number of benzene rings is 2. The van der Waals surface area contributed by atoms with Crippen LogP contribution in [0.4, 0.5) is 4.39 Å². The second-order valence-corrected chi connectivity index (χ2v) is 5.38. The van der Waals surface area contributed by atoms with Crippen molar-refractivity contribution in [2.45, 2.75) is 19.5 Å². The average molecular weight is 332 g/mol. The summed E-state index contributed by atoms with van der Waals surface area (Å²) in [5.74, 6) is 1.17. The molecular weight excluding hydrogens is 313 g/mol. The van der Waals surface area contributed by atoms with E-state index in [4.69, 9.17) is 4.42 Å². The Balaban J connectivity index is 0.00000192. The molecule has 0 spiro atoms. The molecule has 1 aromatic heterocycles. The molecule has 23 heavy (non-hydrogen) atoms. The SMILES string of the molecule is CC([NH2+]Cc1ccc(-c2ccccc2F)o1)c1ccccc1.[Cl-]. The van der Waals surface area contributed by atoms with Crippen LogP contribution in [0.25, 0.3) is 11.3 Å². The lowest BCUT2D eigenvalue weighted by atomic mass is 10.1. The van der Waals surface area contributed by atoms with Crippen molar-refractivity contribution >= 4 is 0 Å². The van der Waals surface area contributed by atoms with Gasteiger partial charge in [-0.2, -0.15) is 0 Å². The minimum absolute atomic E-state index is 0. The van der Waals surface area contributed by atoms with Gasteiger partial charge in [0.25, 0.3) is 0 Å². The van der Waals surface area contributed by atoms with Crippen LogP contribution in [0.3, 0.4) is 0 Å². The predicted octanol–water partition coefficient (Wildman–Crippen LogP) is 0.914. The number of hydrogen-bond acceptors (Lipinski definition) is 1. The van der Waals surface area contributed by atoms with Gasteiger partial charge in [0, 0.05) is 5.56 Å². The minimum Gasteiger partial charge on any atom is -1.00 e. The number of quaternary nitrogens is 1. The van der Waals surface area contributed by atoms with Gasteiger partial charge in [-0.15, -0.1) is 0 Å². The van der Waals surface area contributed by atoms with Crippen molar-refractivity contribution in [1.29, 1.82) is 0 Å². The van der Waals surface area contributed by atoms with E-state index in [1.807, 2.05) is 36.4 Å². The van der Waals surface area contributed by atoms with Gasteiger partial charge in [0.1, 0.15) is 24.2 Å². The second-order valence-electron chi connectivity index (χ2n) is 5.38. The fraction of sp³-hybridized carbons (Fsp3) is 0.158. The predicted molar refractivity (Wildman–Crippen MR) is 84.6 cm³/mol. The molecule has 1 atom stereocenters. The van der Waals surface area contributed by atoms with Crippen molar-refractivity contribution in [2.24, 2.45) is 0 Å². The number of halogens is 2. The highest BCUT2D eigenvalue weighted by atomic mass is 35.5. The van der Waals surface area contributed by atoms with Gasteiger partial charge in [0.2, 0.25) is 0 Å². The first-order valence-electron chi connectivity index (χ1n) is 7.46. The van der Waals surface area contributed by atoms with Gasteiger partial charge in [-0.1, -0.05) is 42.5 Å². The highest BCUT2D eigenvalue weighted by Crippen LogP contribution is 2.24. The van der Waals surface area contributed by atoms with Crippen LogP contribution in [-0.2, 0) is 6.54 Å². The molecule has 1 heterocycles. The lowest BCUT2D eigenvalue weighted by molar-refractivity contribution is -0.709. The maximum atomic E-state index is 13.8. The molecule has 0 saturated carbocycles. The third kappa shape index (κ3) is 4.21. The zero-order valence-corrected chi connectivity index (χ0v) is 13.6. The standard InChI is InChI=1S/C19H18FNO.ClH/c1-14(15-7-3-2-4-8-15)21-13-16-11-12-19(22-16)17-9-5-6-10-18(17)20;/h2-12,14,21H,13H2,1H3;1H. The molecule has 4 heteroatoms. The first-order chi connectivity index (χ1) is 10.7. The highest BCUT2D eigenvalue weighted by Gasteiger charge is 2.12. The van der Waals surface area contributed by atoms with Crippen LogP contribution in [-0.4, -0.2) is 0 Å². The lowest BCUT2D eigenvalue weighted by Crippen LogP contribution is -3.00. The summed E-state index contributed by atoms with van der Waals surface area (Å²) in [5.41, 5.74) is 1.79. The van der Waals surface area contributed by atoms with Crippen LogP contribution >= 0.6 is 0 Å². The van der Waals surface area contributed by atoms with Crippen LogP contribution in [0, 0.1) is 5.82 Å². The lowest BCUT2D eigenvalue weighted by Gasteiger charge is -2.09. The molecule has 1 unspecified atom stereocenters. The van der Waals surface area contributed by atoms with Crippen LogP contribution in [0.5, 0.6) is 0 Å². The molecule has 0 radical (unpaired) electrons. The summed E-state index contributed by atoms with van der Waals surface area (Å²) in [6, 6.07) is 21.1. The molecular formula is C19H19ClFNO. The van der Waals surface area contributed by atoms with Gasteiger partial charge in [-0.05, 0) is 31.2 Å². The van der Waals surface area contributed by atoms with Gasteiger partial charge in [0.05, 0.1) is 5.56 Å². The fourth-order valence-corrected chi connectivity index (χ4v) is 2.48. The third-order valence-corrected chi connectivity index (χ3v) is 3.80. The smallest absolute Gasteiger partial charge is 0.158 e. The minimum atomic E-state index is -0.259. The summed E-state index contributed by atoms with van der Waals surface area (Å²) in [6.07, 6.45) is 0. The second kappa shape index (κ2) is 7.95. The monoisotopic (exact) mass is 331 g/mol. The molecule has 0 amide bonds. The van der Waals surface area contributed by atoms with E-state index in [1.165, 1.54) is 11.6 Å². The largest absolute Gasteiger partial charge is 1.00 e. The van der Waals surface area contributed by atoms with Crippen molar-refractivity contribution in [3.8, 4) is 11.3 Å². The topological polar surface area (TPSA) is 29.8 Å². The molecule has 0 aliphatic rings. The maximum Gasteiger partial charge on any atom is 0.158 e. The highest BCUT2D eigenvalue weighted by molar-refractivity contribution is 5.58. The molecule has 120 valence electrons. The van der Waals surface area contributed by atoms with Crippen LogP contribution < -0.4 is 17.7 Å². The van der Waals surface area contributed by atoms with Crippen molar-refractivity contribution in [1.82, 2.24) is 0 Å². The maximum absolute atomic E-state index is 13.8. The van der Waals surface area contributed by atoms with Crippen molar-refractivity contribution in [3.05, 3.63) is 83.9 Å². The molecule has 0 bridgehead atoms. The van der Waals surface area contributed by atoms with Gasteiger partial charge < -0.3 is 22.1 Å². The quantitative estimate of drug-likeness (QED) is 0.740. The van der Waals surface area contributed by atoms with E-state index in [9.17, 15) is 4.39 Å². The molecule has 2 N–H and O–H groups in total. The van der Waals surface area contributed by atoms with Crippen molar-refractivity contribution in [2.75, 3.05) is 0 Å². The Morgan fingerprint density at radius 1 is 0.957 bits per heavy atom. The molecule has 0 saturated heterocycles. The van der Waals surface area contributed by atoms with E-state index >= 15 is 0 Å². The van der Waals surface area contributed by atoms with Gasteiger partial charge in [-0.25, -0.2) is 4.39 Å². The molecule has 2 nitrogen and oxygen atoms in total. The molecule has 0 aliphatic carbocycles. The molecule has 0 fully saturated rings. The van der Waals surface area contributed by atoms with E-state index < -0.39 is 0 Å². The Labute approximate surface area is 141 Å². The normalized spacial score (nSPS) is 11.7. The van der Waals surface area contributed by atoms with E-state index in [0.717, 1.165) is 12.3 Å². The van der Waals surface area contributed by atoms with Gasteiger partial charge >= 0.3 is 0 Å². The number of nitrogens with two attached hydrogens (primary N) is 1. The first kappa shape index (κ1) is 17.3. The van der Waals surface area contributed by atoms with E-state index in [0.29, 0.717) is 17.4 Å². The van der Waals surface area contributed by atoms with Crippen LogP contribution in [0.15, 0.2) is 71.1 Å². The van der Waals surface area contributed by atoms with E-state index in [-0.39, 0.29) is 18.2 Å². The fourth-order valence-electron chi connectivity index (χ4n) is 2.48. The third-order valence-electron chi connectivity index (χ3n) is 3.80. The Morgan fingerprint density at radius 3 is 2.39 bits per heavy atom. The Kier molecular flexibility index (Phi) is 5.97. The van der Waals surface area contributed by atoms with E-state index in [2.05, 4.69) is 24.4 Å². The zero-order chi connectivity index (χ0) is 15.4. The number of rotatable bonds is 5. The Bertz CT molecular complexity index is 742. The number of furan rings is 1. The van der Waals surface area contributed by atoms with Crippen LogP contribution in [0.1, 0.15) is 24.3 Å². The van der Waals surface area contributed by atoms with E-state index in [1.54, 1.807) is 12.1 Å². The summed E-state index contributed by atoms with van der Waals surface area (Å²) < 4.78 is 19.5. The number of hydrogen-bond donors (Lipinski definition) is 1. The summed E-state index contributed by atoms with van der Waals surface area (Å²) in [7, 11) is 0. The molecule has 3 aromatic rings. The Morgan fingerprint density at radius 2 is 1.65 bits per heavy atom. The van der Waals surface area contributed by atoms with Gasteiger partial charge in [0.15, 0.2) is 5.76 Å². The summed E-state index contributed by atoms with van der Waals surface area (Å²) in [6.45, 7) is 2.89. The van der Waals surface area contributed by atoms with Crippen LogP contribution in [0.2, 0.25) is 0 Å². The molecule has 3 rings (SSSR count). The van der Waals surface area contributed by atoms with Gasteiger partial charge in [-0.3, -0.25) is 0 Å². The summed E-state index contributed by atoms with van der Waals surface area (Å²) in [5, 5.41) is 2.21. The zero-order valence-electron chi connectivity index (χ0n) is 12.9. The summed E-state index contributed by atoms with van der Waals surface area (Å²) >= 11 is 0. The molecule has 0 aliphatic heterocycles. The first-order valence-corrected chi connectivity index (χ1v) is 7.46. The average Bonchev–Trinajstić information content (AvgIpc) is 3.02. The Hall–Kier alpha value is -2.10. The van der Waals surface area contributed by atoms with Crippen molar-refractivity contribution < 1.29 is 26.5 Å². The molecule has 2 aromatic carbocycles. The van der Waals surface area contributed by atoms with Crippen molar-refractivity contribution in [3.63, 3.8) is 0 Å².